The van der Waals surface area contributed by atoms with Gasteiger partial charge in [0.15, 0.2) is 0 Å². The number of hydrogen-bond donors (Lipinski definition) is 1. The van der Waals surface area contributed by atoms with E-state index in [1.165, 1.54) is 6.07 Å². The Morgan fingerprint density at radius 2 is 1.81 bits per heavy atom. The first-order valence-electron chi connectivity index (χ1n) is 4.16. The molecule has 0 spiro atoms. The molecule has 0 aliphatic rings. The minimum absolute atomic E-state index is 0.0617. The van der Waals surface area contributed by atoms with Crippen LogP contribution in [0.25, 0.3) is 0 Å². The van der Waals surface area contributed by atoms with Gasteiger partial charge in [0.2, 0.25) is 0 Å². The minimum atomic E-state index is -4.17. The molecule has 1 aromatic carbocycles. The minimum Gasteiger partial charge on any atom is -0.286 e. The summed E-state index contributed by atoms with van der Waals surface area (Å²) in [6, 6.07) is 3.08. The summed E-state index contributed by atoms with van der Waals surface area (Å²) < 4.78 is 55.4. The molecule has 0 radical (unpaired) electrons. The highest BCUT2D eigenvalue weighted by Crippen LogP contribution is 2.15. The molecule has 0 unspecified atom stereocenters. The number of benzene rings is 1. The highest BCUT2D eigenvalue weighted by atomic mass is 32.2. The van der Waals surface area contributed by atoms with Crippen LogP contribution in [0.5, 0.6) is 0 Å². The molecule has 1 rings (SSSR count). The molecule has 7 heteroatoms. The first-order valence-corrected chi connectivity index (χ1v) is 5.77. The van der Waals surface area contributed by atoms with Crippen molar-refractivity contribution in [2.45, 2.75) is 6.42 Å². The number of aryl methyl sites for hydroxylation is 1. The van der Waals surface area contributed by atoms with Crippen LogP contribution >= 0.6 is 0 Å². The number of rotatable bonds is 3. The molecule has 0 amide bonds. The van der Waals surface area contributed by atoms with E-state index in [0.29, 0.717) is 0 Å². The Kier molecular flexibility index (Phi) is 3.57. The molecule has 1 aromatic rings. The smallest absolute Gasteiger partial charge is 0.265 e. The number of nitrogens with zero attached hydrogens (tertiary/aromatic N) is 1. The summed E-state index contributed by atoms with van der Waals surface area (Å²) in [6.07, 6.45) is -0.224. The average molecular weight is 247 g/mol. The van der Waals surface area contributed by atoms with Crippen molar-refractivity contribution in [2.24, 2.45) is 0 Å². The third-order valence-corrected chi connectivity index (χ3v) is 2.58. The topological polar surface area (TPSA) is 78.2 Å². The van der Waals surface area contributed by atoms with Gasteiger partial charge >= 0.3 is 0 Å². The van der Waals surface area contributed by atoms with Crippen molar-refractivity contribution in [3.8, 4) is 6.07 Å². The maximum Gasteiger partial charge on any atom is 0.265 e. The zero-order valence-electron chi connectivity index (χ0n) is 7.94. The van der Waals surface area contributed by atoms with E-state index in [2.05, 4.69) is 0 Å². The molecule has 0 saturated heterocycles. The van der Waals surface area contributed by atoms with Gasteiger partial charge in [-0.1, -0.05) is 0 Å². The van der Waals surface area contributed by atoms with Crippen LogP contribution in [0.4, 0.5) is 8.78 Å². The number of nitriles is 1. The van der Waals surface area contributed by atoms with E-state index < -0.39 is 33.1 Å². The normalized spacial score (nSPS) is 11.1. The van der Waals surface area contributed by atoms with Gasteiger partial charge in [0, 0.05) is 0 Å². The summed E-state index contributed by atoms with van der Waals surface area (Å²) in [5.74, 6) is -2.72. The molecule has 86 valence electrons. The zero-order chi connectivity index (χ0) is 12.3. The van der Waals surface area contributed by atoms with E-state index in [1.807, 2.05) is 0 Å². The largest absolute Gasteiger partial charge is 0.286 e. The summed E-state index contributed by atoms with van der Waals surface area (Å²) >= 11 is 0. The van der Waals surface area contributed by atoms with Crippen LogP contribution in [0.3, 0.4) is 0 Å². The third-order valence-electron chi connectivity index (χ3n) is 1.86. The van der Waals surface area contributed by atoms with Crippen molar-refractivity contribution in [1.82, 2.24) is 0 Å². The van der Waals surface area contributed by atoms with Gasteiger partial charge in [0.05, 0.1) is 5.75 Å². The van der Waals surface area contributed by atoms with Crippen molar-refractivity contribution in [2.75, 3.05) is 5.75 Å². The van der Waals surface area contributed by atoms with Crippen molar-refractivity contribution < 1.29 is 21.8 Å². The van der Waals surface area contributed by atoms with Gasteiger partial charge in [-0.15, -0.1) is 0 Å². The fraction of sp³-hybridized carbons (Fsp3) is 0.222. The van der Waals surface area contributed by atoms with Crippen LogP contribution in [0.1, 0.15) is 11.1 Å². The quantitative estimate of drug-likeness (QED) is 0.816. The van der Waals surface area contributed by atoms with Gasteiger partial charge in [0.25, 0.3) is 10.1 Å². The van der Waals surface area contributed by atoms with Crippen molar-refractivity contribution in [3.05, 3.63) is 34.9 Å². The predicted octanol–water partition coefficient (Wildman–Crippen LogP) is 1.27. The Morgan fingerprint density at radius 1 is 1.31 bits per heavy atom. The standard InChI is InChI=1S/C9H7F2NO3S/c10-8-3-6(1-2-16(13,14)15)4-9(11)7(8)5-12/h3-4H,1-2H2,(H,13,14,15). The maximum absolute atomic E-state index is 13.1. The molecule has 1 N–H and O–H groups in total. The third kappa shape index (κ3) is 3.25. The van der Waals surface area contributed by atoms with Gasteiger partial charge in [-0.3, -0.25) is 4.55 Å². The lowest BCUT2D eigenvalue weighted by molar-refractivity contribution is 0.482. The first-order chi connectivity index (χ1) is 7.33. The average Bonchev–Trinajstić information content (AvgIpc) is 2.13. The second kappa shape index (κ2) is 4.55. The lowest BCUT2D eigenvalue weighted by Gasteiger charge is -2.02. The van der Waals surface area contributed by atoms with E-state index in [1.54, 1.807) is 0 Å². The molecule has 0 heterocycles. The summed E-state index contributed by atoms with van der Waals surface area (Å²) in [6.45, 7) is 0. The fourth-order valence-corrected chi connectivity index (χ4v) is 1.62. The van der Waals surface area contributed by atoms with Crippen LogP contribution in [0, 0.1) is 23.0 Å². The molecule has 0 saturated carbocycles. The van der Waals surface area contributed by atoms with Crippen molar-refractivity contribution in [1.29, 1.82) is 5.26 Å². The van der Waals surface area contributed by atoms with E-state index in [0.717, 1.165) is 12.1 Å². The second-order valence-electron chi connectivity index (χ2n) is 3.08. The molecule has 0 atom stereocenters. The summed E-state index contributed by atoms with van der Waals surface area (Å²) in [7, 11) is -4.17. The molecule has 4 nitrogen and oxygen atoms in total. The molecule has 0 aromatic heterocycles. The summed E-state index contributed by atoms with van der Waals surface area (Å²) in [5.41, 5.74) is -0.651. The Bertz CT molecular complexity index is 525. The van der Waals surface area contributed by atoms with E-state index in [4.69, 9.17) is 9.81 Å². The zero-order valence-corrected chi connectivity index (χ0v) is 8.76. The Balaban J connectivity index is 2.98. The van der Waals surface area contributed by atoms with Gasteiger partial charge < -0.3 is 0 Å². The number of hydrogen-bond acceptors (Lipinski definition) is 3. The second-order valence-corrected chi connectivity index (χ2v) is 4.65. The Hall–Kier alpha value is -1.52. The maximum atomic E-state index is 13.1. The van der Waals surface area contributed by atoms with E-state index in [9.17, 15) is 17.2 Å². The van der Waals surface area contributed by atoms with E-state index in [-0.39, 0.29) is 12.0 Å². The van der Waals surface area contributed by atoms with Gasteiger partial charge in [-0.25, -0.2) is 8.78 Å². The molecule has 0 bridgehead atoms. The molecule has 0 aliphatic heterocycles. The highest BCUT2D eigenvalue weighted by Gasteiger charge is 2.12. The van der Waals surface area contributed by atoms with Crippen molar-refractivity contribution in [3.63, 3.8) is 0 Å². The van der Waals surface area contributed by atoms with Gasteiger partial charge in [-0.2, -0.15) is 13.7 Å². The fourth-order valence-electron chi connectivity index (χ4n) is 1.12. The van der Waals surface area contributed by atoms with Crippen molar-refractivity contribution >= 4 is 10.1 Å². The number of halogens is 2. The highest BCUT2D eigenvalue weighted by molar-refractivity contribution is 7.85. The summed E-state index contributed by atoms with van der Waals surface area (Å²) in [4.78, 5) is 0. The predicted molar refractivity (Wildman–Crippen MR) is 51.2 cm³/mol. The Morgan fingerprint density at radius 3 is 2.19 bits per heavy atom. The Labute approximate surface area is 90.9 Å². The molecular weight excluding hydrogens is 240 g/mol. The lowest BCUT2D eigenvalue weighted by Crippen LogP contribution is -2.07. The molecule has 0 aliphatic carbocycles. The SMILES string of the molecule is N#Cc1c(F)cc(CCS(=O)(=O)O)cc1F. The lowest BCUT2D eigenvalue weighted by atomic mass is 10.1. The monoisotopic (exact) mass is 247 g/mol. The summed E-state index contributed by atoms with van der Waals surface area (Å²) in [5, 5.41) is 8.38. The first kappa shape index (κ1) is 12.5. The molecule has 16 heavy (non-hydrogen) atoms. The van der Waals surface area contributed by atoms with Crippen LogP contribution in [0.2, 0.25) is 0 Å². The molecule has 0 fully saturated rings. The van der Waals surface area contributed by atoms with Crippen LogP contribution in [-0.2, 0) is 16.5 Å². The van der Waals surface area contributed by atoms with Gasteiger partial charge in [0.1, 0.15) is 23.3 Å². The van der Waals surface area contributed by atoms with Crippen LogP contribution < -0.4 is 0 Å². The van der Waals surface area contributed by atoms with Gasteiger partial charge in [-0.05, 0) is 24.1 Å². The molecular formula is C9H7F2NO3S. The van der Waals surface area contributed by atoms with Crippen LogP contribution in [-0.4, -0.2) is 18.7 Å². The van der Waals surface area contributed by atoms with Crippen LogP contribution in [0.15, 0.2) is 12.1 Å². The van der Waals surface area contributed by atoms with E-state index >= 15 is 0 Å².